The van der Waals surface area contributed by atoms with E-state index in [0.717, 1.165) is 48.8 Å². The minimum atomic E-state index is -0.510. The first kappa shape index (κ1) is 23.1. The Labute approximate surface area is 187 Å². The summed E-state index contributed by atoms with van der Waals surface area (Å²) in [4.78, 5) is 28.5. The van der Waals surface area contributed by atoms with Crippen LogP contribution in [0.25, 0.3) is 0 Å². The topological polar surface area (TPSA) is 49.4 Å². The predicted molar refractivity (Wildman–Crippen MR) is 126 cm³/mol. The number of nitrogens with zero attached hydrogens (tertiary/aromatic N) is 1. The van der Waals surface area contributed by atoms with Gasteiger partial charge in [0.25, 0.3) is 0 Å². The molecule has 2 amide bonds. The highest BCUT2D eigenvalue weighted by atomic mass is 16.2. The number of carbonyl (C=O) groups is 2. The molecule has 1 aliphatic carbocycles. The Morgan fingerprint density at radius 2 is 1.71 bits per heavy atom. The summed E-state index contributed by atoms with van der Waals surface area (Å²) in [5, 5.41) is 3.28. The molecule has 1 atom stereocenters. The van der Waals surface area contributed by atoms with Crippen LogP contribution < -0.4 is 5.32 Å². The summed E-state index contributed by atoms with van der Waals surface area (Å²) >= 11 is 0. The minimum absolute atomic E-state index is 0.0205. The van der Waals surface area contributed by atoms with Crippen LogP contribution in [-0.2, 0) is 22.6 Å². The summed E-state index contributed by atoms with van der Waals surface area (Å²) < 4.78 is 0. The van der Waals surface area contributed by atoms with Crippen LogP contribution in [0, 0.1) is 6.92 Å². The van der Waals surface area contributed by atoms with E-state index >= 15 is 0 Å². The van der Waals surface area contributed by atoms with E-state index in [-0.39, 0.29) is 17.9 Å². The first-order valence-corrected chi connectivity index (χ1v) is 11.8. The smallest absolute Gasteiger partial charge is 0.243 e. The SMILES string of the molecule is CCCC(=O)N(Cc1cccc(C)c1)C(Cc1ccccc1)C(=O)NC1CCCCC1. The van der Waals surface area contributed by atoms with Gasteiger partial charge in [-0.3, -0.25) is 9.59 Å². The first-order chi connectivity index (χ1) is 15.1. The highest BCUT2D eigenvalue weighted by Crippen LogP contribution is 2.20. The zero-order chi connectivity index (χ0) is 22.1. The van der Waals surface area contributed by atoms with Gasteiger partial charge in [0.2, 0.25) is 11.8 Å². The van der Waals surface area contributed by atoms with Crippen LogP contribution in [0.15, 0.2) is 54.6 Å². The van der Waals surface area contributed by atoms with Crippen molar-refractivity contribution in [2.24, 2.45) is 0 Å². The van der Waals surface area contributed by atoms with Crippen molar-refractivity contribution in [1.82, 2.24) is 10.2 Å². The first-order valence-electron chi connectivity index (χ1n) is 11.8. The number of hydrogen-bond acceptors (Lipinski definition) is 2. The maximum Gasteiger partial charge on any atom is 0.243 e. The highest BCUT2D eigenvalue weighted by molar-refractivity contribution is 5.88. The van der Waals surface area contributed by atoms with Gasteiger partial charge in [0.05, 0.1) is 0 Å². The van der Waals surface area contributed by atoms with E-state index < -0.39 is 6.04 Å². The quantitative estimate of drug-likeness (QED) is 0.607. The van der Waals surface area contributed by atoms with Crippen molar-refractivity contribution in [1.29, 1.82) is 0 Å². The van der Waals surface area contributed by atoms with Crippen LogP contribution >= 0.6 is 0 Å². The van der Waals surface area contributed by atoms with Gasteiger partial charge in [-0.05, 0) is 37.3 Å². The largest absolute Gasteiger partial charge is 0.352 e. The highest BCUT2D eigenvalue weighted by Gasteiger charge is 2.31. The molecule has 4 heteroatoms. The molecule has 2 aromatic rings. The lowest BCUT2D eigenvalue weighted by Crippen LogP contribution is -2.52. The fourth-order valence-electron chi connectivity index (χ4n) is 4.46. The Morgan fingerprint density at radius 3 is 2.39 bits per heavy atom. The van der Waals surface area contributed by atoms with Gasteiger partial charge in [-0.2, -0.15) is 0 Å². The average Bonchev–Trinajstić information content (AvgIpc) is 2.77. The molecule has 2 aromatic carbocycles. The van der Waals surface area contributed by atoms with E-state index in [2.05, 4.69) is 24.4 Å². The summed E-state index contributed by atoms with van der Waals surface area (Å²) in [5.74, 6) is 0.0246. The van der Waals surface area contributed by atoms with Crippen molar-refractivity contribution in [2.45, 2.75) is 83.8 Å². The van der Waals surface area contributed by atoms with E-state index in [1.165, 1.54) is 6.42 Å². The monoisotopic (exact) mass is 420 g/mol. The molecular formula is C27H36N2O2. The summed E-state index contributed by atoms with van der Waals surface area (Å²) in [6, 6.07) is 18.0. The molecule has 1 saturated carbocycles. The fourth-order valence-corrected chi connectivity index (χ4v) is 4.46. The number of benzene rings is 2. The number of nitrogens with one attached hydrogen (secondary N) is 1. The molecule has 31 heavy (non-hydrogen) atoms. The van der Waals surface area contributed by atoms with Crippen molar-refractivity contribution in [3.05, 3.63) is 71.3 Å². The molecule has 4 nitrogen and oxygen atoms in total. The van der Waals surface area contributed by atoms with Crippen LogP contribution in [-0.4, -0.2) is 28.8 Å². The Morgan fingerprint density at radius 1 is 1.00 bits per heavy atom. The van der Waals surface area contributed by atoms with Crippen LogP contribution in [0.5, 0.6) is 0 Å². The van der Waals surface area contributed by atoms with E-state index in [1.54, 1.807) is 0 Å². The molecule has 0 bridgehead atoms. The van der Waals surface area contributed by atoms with Gasteiger partial charge in [0.1, 0.15) is 6.04 Å². The summed E-state index contributed by atoms with van der Waals surface area (Å²) in [5.41, 5.74) is 3.30. The van der Waals surface area contributed by atoms with Crippen LogP contribution in [0.4, 0.5) is 0 Å². The molecular weight excluding hydrogens is 384 g/mol. The van der Waals surface area contributed by atoms with Crippen molar-refractivity contribution in [2.75, 3.05) is 0 Å². The molecule has 3 rings (SSSR count). The number of amides is 2. The number of rotatable bonds is 9. The van der Waals surface area contributed by atoms with Crippen LogP contribution in [0.1, 0.15) is 68.6 Å². The lowest BCUT2D eigenvalue weighted by Gasteiger charge is -2.33. The van der Waals surface area contributed by atoms with Crippen molar-refractivity contribution < 1.29 is 9.59 Å². The van der Waals surface area contributed by atoms with E-state index in [1.807, 2.05) is 54.3 Å². The molecule has 166 valence electrons. The van der Waals surface area contributed by atoms with Gasteiger partial charge in [-0.1, -0.05) is 86.3 Å². The Hall–Kier alpha value is -2.62. The maximum atomic E-state index is 13.5. The third-order valence-corrected chi connectivity index (χ3v) is 6.12. The van der Waals surface area contributed by atoms with Gasteiger partial charge in [-0.25, -0.2) is 0 Å². The van der Waals surface area contributed by atoms with Crippen molar-refractivity contribution >= 4 is 11.8 Å². The third kappa shape index (κ3) is 6.95. The molecule has 0 saturated heterocycles. The molecule has 1 N–H and O–H groups in total. The molecule has 1 fully saturated rings. The van der Waals surface area contributed by atoms with E-state index in [4.69, 9.17) is 0 Å². The molecule has 1 unspecified atom stereocenters. The van der Waals surface area contributed by atoms with E-state index in [0.29, 0.717) is 19.4 Å². The fraction of sp³-hybridized carbons (Fsp3) is 0.481. The van der Waals surface area contributed by atoms with Crippen molar-refractivity contribution in [3.8, 4) is 0 Å². The lowest BCUT2D eigenvalue weighted by molar-refractivity contribution is -0.141. The normalized spacial score (nSPS) is 15.3. The maximum absolute atomic E-state index is 13.5. The Bertz CT molecular complexity index is 843. The number of hydrogen-bond donors (Lipinski definition) is 1. The van der Waals surface area contributed by atoms with Crippen molar-refractivity contribution in [3.63, 3.8) is 0 Å². The molecule has 0 aliphatic heterocycles. The van der Waals surface area contributed by atoms with Gasteiger partial charge in [0, 0.05) is 25.4 Å². The summed E-state index contributed by atoms with van der Waals surface area (Å²) in [6.45, 7) is 4.52. The van der Waals surface area contributed by atoms with Gasteiger partial charge in [0.15, 0.2) is 0 Å². The zero-order valence-corrected chi connectivity index (χ0v) is 19.0. The number of carbonyl (C=O) groups excluding carboxylic acids is 2. The molecule has 0 heterocycles. The second-order valence-electron chi connectivity index (χ2n) is 8.81. The van der Waals surface area contributed by atoms with Crippen LogP contribution in [0.2, 0.25) is 0 Å². The molecule has 0 aromatic heterocycles. The average molecular weight is 421 g/mol. The van der Waals surface area contributed by atoms with Gasteiger partial charge < -0.3 is 10.2 Å². The van der Waals surface area contributed by atoms with Gasteiger partial charge >= 0.3 is 0 Å². The van der Waals surface area contributed by atoms with Crippen LogP contribution in [0.3, 0.4) is 0 Å². The second-order valence-corrected chi connectivity index (χ2v) is 8.81. The predicted octanol–water partition coefficient (Wildman–Crippen LogP) is 5.18. The summed E-state index contributed by atoms with van der Waals surface area (Å²) in [7, 11) is 0. The molecule has 1 aliphatic rings. The zero-order valence-electron chi connectivity index (χ0n) is 19.0. The number of aryl methyl sites for hydroxylation is 1. The Kier molecular flexibility index (Phi) is 8.69. The second kappa shape index (κ2) is 11.7. The molecule has 0 radical (unpaired) electrons. The lowest BCUT2D eigenvalue weighted by atomic mass is 9.94. The third-order valence-electron chi connectivity index (χ3n) is 6.12. The van der Waals surface area contributed by atoms with Gasteiger partial charge in [-0.15, -0.1) is 0 Å². The standard InChI is InChI=1S/C27H36N2O2/c1-3-11-26(30)29(20-23-15-10-12-21(2)18-23)25(19-22-13-6-4-7-14-22)27(31)28-24-16-8-5-9-17-24/h4,6-7,10,12-15,18,24-25H,3,5,8-9,11,16-17,19-20H2,1-2H3,(H,28,31). The molecule has 0 spiro atoms. The minimum Gasteiger partial charge on any atom is -0.352 e. The summed E-state index contributed by atoms with van der Waals surface area (Å²) in [6.07, 6.45) is 7.38. The Balaban J connectivity index is 1.88. The van der Waals surface area contributed by atoms with E-state index in [9.17, 15) is 9.59 Å².